The van der Waals surface area contributed by atoms with Gasteiger partial charge in [-0.1, -0.05) is 0 Å². The zero-order valence-corrected chi connectivity index (χ0v) is 11.5. The molecule has 0 fully saturated rings. The smallest absolute Gasteiger partial charge is 0.253 e. The van der Waals surface area contributed by atoms with Crippen molar-refractivity contribution in [2.75, 3.05) is 39.2 Å². The van der Waals surface area contributed by atoms with E-state index in [1.807, 2.05) is 13.8 Å². The molecule has 0 saturated heterocycles. The first-order chi connectivity index (χ1) is 8.58. The summed E-state index contributed by atoms with van der Waals surface area (Å²) in [6.07, 6.45) is 0. The number of rotatable bonds is 6. The van der Waals surface area contributed by atoms with Crippen molar-refractivity contribution in [2.45, 2.75) is 13.8 Å². The van der Waals surface area contributed by atoms with Crippen LogP contribution in [0, 0.1) is 6.92 Å². The zero-order chi connectivity index (χ0) is 13.5. The molecule has 0 unspecified atom stereocenters. The number of amides is 1. The van der Waals surface area contributed by atoms with Gasteiger partial charge in [-0.05, 0) is 26.0 Å². The van der Waals surface area contributed by atoms with Gasteiger partial charge in [-0.3, -0.25) is 4.79 Å². The number of nitrogens with one attached hydrogen (secondary N) is 1. The summed E-state index contributed by atoms with van der Waals surface area (Å²) in [5.74, 6) is 0.720. The van der Waals surface area contributed by atoms with Gasteiger partial charge in [-0.2, -0.15) is 0 Å². The number of ether oxygens (including phenoxy) is 1. The number of anilines is 1. The minimum absolute atomic E-state index is 0.0169. The largest absolute Gasteiger partial charge is 0.383 e. The van der Waals surface area contributed by atoms with Gasteiger partial charge >= 0.3 is 0 Å². The van der Waals surface area contributed by atoms with Crippen molar-refractivity contribution in [1.82, 2.24) is 9.88 Å². The minimum atomic E-state index is -0.0169. The predicted molar refractivity (Wildman–Crippen MR) is 72.0 cm³/mol. The maximum Gasteiger partial charge on any atom is 0.253 e. The highest BCUT2D eigenvalue weighted by Crippen LogP contribution is 2.12. The van der Waals surface area contributed by atoms with Crippen molar-refractivity contribution < 1.29 is 9.53 Å². The predicted octanol–water partition coefficient (Wildman–Crippen LogP) is 1.54. The maximum absolute atomic E-state index is 12.2. The normalized spacial score (nSPS) is 10.2. The van der Waals surface area contributed by atoms with E-state index < -0.39 is 0 Å². The Bertz CT molecular complexity index is 407. The molecule has 1 aromatic rings. The molecule has 0 aliphatic heterocycles. The molecule has 1 heterocycles. The number of hydrogen-bond acceptors (Lipinski definition) is 4. The molecule has 0 aromatic carbocycles. The van der Waals surface area contributed by atoms with Gasteiger partial charge in [0.2, 0.25) is 0 Å². The molecule has 1 rings (SSSR count). The Labute approximate surface area is 108 Å². The van der Waals surface area contributed by atoms with Crippen LogP contribution in [0.5, 0.6) is 0 Å². The highest BCUT2D eigenvalue weighted by atomic mass is 16.5. The lowest BCUT2D eigenvalue weighted by Gasteiger charge is -2.17. The van der Waals surface area contributed by atoms with Gasteiger partial charge in [-0.25, -0.2) is 4.98 Å². The van der Waals surface area contributed by atoms with Crippen molar-refractivity contribution in [3.63, 3.8) is 0 Å². The molecular formula is C13H21N3O2. The first-order valence-corrected chi connectivity index (χ1v) is 6.05. The van der Waals surface area contributed by atoms with E-state index in [4.69, 9.17) is 4.74 Å². The summed E-state index contributed by atoms with van der Waals surface area (Å²) in [5.41, 5.74) is 1.48. The van der Waals surface area contributed by atoms with Crippen LogP contribution in [0.15, 0.2) is 12.1 Å². The van der Waals surface area contributed by atoms with Crippen molar-refractivity contribution >= 4 is 11.7 Å². The van der Waals surface area contributed by atoms with E-state index in [1.54, 1.807) is 31.2 Å². The topological polar surface area (TPSA) is 54.5 Å². The SMILES string of the molecule is CCNc1cc(C(=O)N(C)CCOC)cc(C)n1. The van der Waals surface area contributed by atoms with Crippen molar-refractivity contribution in [3.8, 4) is 0 Å². The van der Waals surface area contributed by atoms with Gasteiger partial charge in [0, 0.05) is 38.5 Å². The lowest BCUT2D eigenvalue weighted by atomic mass is 10.2. The monoisotopic (exact) mass is 251 g/mol. The Balaban J connectivity index is 2.84. The van der Waals surface area contributed by atoms with E-state index in [1.165, 1.54) is 0 Å². The molecule has 1 aromatic heterocycles. The van der Waals surface area contributed by atoms with Gasteiger partial charge in [-0.15, -0.1) is 0 Å². The van der Waals surface area contributed by atoms with E-state index in [-0.39, 0.29) is 5.91 Å². The van der Waals surface area contributed by atoms with Crippen LogP contribution in [0.3, 0.4) is 0 Å². The number of hydrogen-bond donors (Lipinski definition) is 1. The molecule has 0 saturated carbocycles. The summed E-state index contributed by atoms with van der Waals surface area (Å²) in [7, 11) is 3.39. The van der Waals surface area contributed by atoms with Crippen LogP contribution in [-0.2, 0) is 4.74 Å². The van der Waals surface area contributed by atoms with Crippen LogP contribution in [0.4, 0.5) is 5.82 Å². The standard InChI is InChI=1S/C13H21N3O2/c1-5-14-12-9-11(8-10(2)15-12)13(17)16(3)6-7-18-4/h8-9H,5-7H2,1-4H3,(H,14,15). The van der Waals surface area contributed by atoms with Gasteiger partial charge in [0.1, 0.15) is 5.82 Å². The Morgan fingerprint density at radius 2 is 2.22 bits per heavy atom. The van der Waals surface area contributed by atoms with Gasteiger partial charge in [0.05, 0.1) is 6.61 Å². The second-order valence-corrected chi connectivity index (χ2v) is 4.13. The highest BCUT2D eigenvalue weighted by Gasteiger charge is 2.13. The van der Waals surface area contributed by atoms with Crippen molar-refractivity contribution in [1.29, 1.82) is 0 Å². The zero-order valence-electron chi connectivity index (χ0n) is 11.5. The fourth-order valence-corrected chi connectivity index (χ4v) is 1.61. The molecule has 0 aliphatic rings. The Kier molecular flexibility index (Phi) is 5.58. The average molecular weight is 251 g/mol. The van der Waals surface area contributed by atoms with Gasteiger partial charge < -0.3 is 15.0 Å². The number of pyridine rings is 1. The first-order valence-electron chi connectivity index (χ1n) is 6.05. The second-order valence-electron chi connectivity index (χ2n) is 4.13. The molecule has 100 valence electrons. The van der Waals surface area contributed by atoms with E-state index in [2.05, 4.69) is 10.3 Å². The van der Waals surface area contributed by atoms with Crippen LogP contribution in [-0.4, -0.2) is 49.6 Å². The lowest BCUT2D eigenvalue weighted by molar-refractivity contribution is 0.0744. The third kappa shape index (κ3) is 4.00. The molecule has 5 nitrogen and oxygen atoms in total. The van der Waals surface area contributed by atoms with Crippen molar-refractivity contribution in [3.05, 3.63) is 23.4 Å². The molecule has 0 radical (unpaired) electrons. The Morgan fingerprint density at radius 1 is 1.50 bits per heavy atom. The van der Waals surface area contributed by atoms with Crippen LogP contribution in [0.1, 0.15) is 23.0 Å². The highest BCUT2D eigenvalue weighted by molar-refractivity contribution is 5.94. The molecule has 0 bridgehead atoms. The van der Waals surface area contributed by atoms with E-state index in [9.17, 15) is 4.79 Å². The molecule has 1 amide bonds. The van der Waals surface area contributed by atoms with Crippen LogP contribution in [0.2, 0.25) is 0 Å². The summed E-state index contributed by atoms with van der Waals surface area (Å²) >= 11 is 0. The quantitative estimate of drug-likeness (QED) is 0.833. The number of nitrogens with zero attached hydrogens (tertiary/aromatic N) is 2. The Hall–Kier alpha value is -1.62. The van der Waals surface area contributed by atoms with E-state index in [0.717, 1.165) is 18.1 Å². The Morgan fingerprint density at radius 3 is 2.83 bits per heavy atom. The number of methoxy groups -OCH3 is 1. The fraction of sp³-hybridized carbons (Fsp3) is 0.538. The molecule has 0 spiro atoms. The first kappa shape index (κ1) is 14.4. The maximum atomic E-state index is 12.2. The lowest BCUT2D eigenvalue weighted by Crippen LogP contribution is -2.30. The molecule has 18 heavy (non-hydrogen) atoms. The molecule has 0 atom stereocenters. The molecular weight excluding hydrogens is 230 g/mol. The average Bonchev–Trinajstić information content (AvgIpc) is 2.34. The van der Waals surface area contributed by atoms with E-state index >= 15 is 0 Å². The summed E-state index contributed by atoms with van der Waals surface area (Å²) < 4.78 is 4.97. The third-order valence-corrected chi connectivity index (χ3v) is 2.54. The van der Waals surface area contributed by atoms with Crippen LogP contribution in [0.25, 0.3) is 0 Å². The van der Waals surface area contributed by atoms with Crippen LogP contribution < -0.4 is 5.32 Å². The van der Waals surface area contributed by atoms with E-state index in [0.29, 0.717) is 18.7 Å². The minimum Gasteiger partial charge on any atom is -0.383 e. The number of aromatic nitrogens is 1. The summed E-state index contributed by atoms with van der Waals surface area (Å²) in [6, 6.07) is 3.58. The fourth-order valence-electron chi connectivity index (χ4n) is 1.61. The van der Waals surface area contributed by atoms with Crippen LogP contribution >= 0.6 is 0 Å². The third-order valence-electron chi connectivity index (χ3n) is 2.54. The number of likely N-dealkylation sites (N-methyl/N-ethyl adjacent to an activating group) is 1. The number of carbonyl (C=O) groups excluding carboxylic acids is 1. The van der Waals surface area contributed by atoms with Gasteiger partial charge in [0.25, 0.3) is 5.91 Å². The number of aryl methyl sites for hydroxylation is 1. The molecule has 0 aliphatic carbocycles. The molecule has 1 N–H and O–H groups in total. The summed E-state index contributed by atoms with van der Waals surface area (Å²) in [5, 5.41) is 3.12. The summed E-state index contributed by atoms with van der Waals surface area (Å²) in [4.78, 5) is 18.1. The van der Waals surface area contributed by atoms with Gasteiger partial charge in [0.15, 0.2) is 0 Å². The van der Waals surface area contributed by atoms with Crippen molar-refractivity contribution in [2.24, 2.45) is 0 Å². The second kappa shape index (κ2) is 6.96. The number of carbonyl (C=O) groups is 1. The summed E-state index contributed by atoms with van der Waals surface area (Å²) in [6.45, 7) is 5.77. The molecule has 5 heteroatoms.